The van der Waals surface area contributed by atoms with Crippen LogP contribution in [-0.2, 0) is 0 Å². The summed E-state index contributed by atoms with van der Waals surface area (Å²) in [7, 11) is 0. The standard InChI is InChI=1S/C12H15NO3/c1-12(15)8-13-11(12)9-2-4-10(5-3-9)16-7-6-14/h2-5,14-15H,6-8H2,1H3/t12-/m1/s1. The number of benzene rings is 1. The minimum Gasteiger partial charge on any atom is -0.491 e. The highest BCUT2D eigenvalue weighted by Gasteiger charge is 2.35. The smallest absolute Gasteiger partial charge is 0.123 e. The highest BCUT2D eigenvalue weighted by atomic mass is 16.5. The lowest BCUT2D eigenvalue weighted by atomic mass is 9.89. The lowest BCUT2D eigenvalue weighted by Gasteiger charge is -2.32. The maximum Gasteiger partial charge on any atom is 0.123 e. The van der Waals surface area contributed by atoms with Gasteiger partial charge in [0.25, 0.3) is 0 Å². The molecule has 0 spiro atoms. The van der Waals surface area contributed by atoms with Crippen LogP contribution < -0.4 is 4.74 Å². The van der Waals surface area contributed by atoms with Crippen LogP contribution in [0.5, 0.6) is 5.75 Å². The third kappa shape index (κ3) is 2.08. The maximum atomic E-state index is 9.84. The molecule has 1 aromatic rings. The average Bonchev–Trinajstić information content (AvgIpc) is 2.27. The second-order valence-corrected chi connectivity index (χ2v) is 4.04. The van der Waals surface area contributed by atoms with Gasteiger partial charge in [-0.3, -0.25) is 4.99 Å². The minimum absolute atomic E-state index is 0.00315. The molecule has 1 aliphatic rings. The van der Waals surface area contributed by atoms with Crippen molar-refractivity contribution in [3.8, 4) is 5.75 Å². The molecule has 4 nitrogen and oxygen atoms in total. The van der Waals surface area contributed by atoms with E-state index in [4.69, 9.17) is 9.84 Å². The first-order valence-electron chi connectivity index (χ1n) is 5.25. The Morgan fingerprint density at radius 2 is 2.06 bits per heavy atom. The molecule has 2 rings (SSSR count). The van der Waals surface area contributed by atoms with Crippen molar-refractivity contribution in [1.82, 2.24) is 0 Å². The van der Waals surface area contributed by atoms with Crippen LogP contribution in [0.15, 0.2) is 29.3 Å². The van der Waals surface area contributed by atoms with Crippen molar-refractivity contribution < 1.29 is 14.9 Å². The summed E-state index contributed by atoms with van der Waals surface area (Å²) < 4.78 is 5.24. The largest absolute Gasteiger partial charge is 0.491 e. The van der Waals surface area contributed by atoms with Gasteiger partial charge in [0.1, 0.15) is 18.0 Å². The molecule has 0 saturated heterocycles. The van der Waals surface area contributed by atoms with Gasteiger partial charge in [-0.05, 0) is 36.8 Å². The molecule has 1 aromatic carbocycles. The lowest BCUT2D eigenvalue weighted by Crippen LogP contribution is -2.46. The van der Waals surface area contributed by atoms with Gasteiger partial charge in [-0.2, -0.15) is 0 Å². The van der Waals surface area contributed by atoms with E-state index in [9.17, 15) is 5.11 Å². The summed E-state index contributed by atoms with van der Waals surface area (Å²) in [5.41, 5.74) is 0.835. The van der Waals surface area contributed by atoms with Crippen LogP contribution >= 0.6 is 0 Å². The van der Waals surface area contributed by atoms with E-state index in [1.165, 1.54) is 0 Å². The molecule has 16 heavy (non-hydrogen) atoms. The van der Waals surface area contributed by atoms with Crippen LogP contribution in [0.1, 0.15) is 12.5 Å². The van der Waals surface area contributed by atoms with Gasteiger partial charge in [0.05, 0.1) is 18.9 Å². The summed E-state index contributed by atoms with van der Waals surface area (Å²) in [6, 6.07) is 7.34. The Kier molecular flexibility index (Phi) is 2.94. The molecule has 2 N–H and O–H groups in total. The zero-order chi connectivity index (χ0) is 11.6. The quantitative estimate of drug-likeness (QED) is 0.783. The van der Waals surface area contributed by atoms with Gasteiger partial charge in [-0.1, -0.05) is 0 Å². The Morgan fingerprint density at radius 1 is 1.38 bits per heavy atom. The van der Waals surface area contributed by atoms with Crippen LogP contribution in [-0.4, -0.2) is 41.3 Å². The monoisotopic (exact) mass is 221 g/mol. The van der Waals surface area contributed by atoms with E-state index >= 15 is 0 Å². The van der Waals surface area contributed by atoms with Crippen LogP contribution in [0.25, 0.3) is 0 Å². The first-order valence-corrected chi connectivity index (χ1v) is 5.25. The van der Waals surface area contributed by atoms with Crippen molar-refractivity contribution in [2.45, 2.75) is 12.5 Å². The molecule has 4 heteroatoms. The molecule has 0 unspecified atom stereocenters. The average molecular weight is 221 g/mol. The number of aliphatic hydroxyl groups is 2. The van der Waals surface area contributed by atoms with Gasteiger partial charge in [0, 0.05) is 0 Å². The zero-order valence-electron chi connectivity index (χ0n) is 9.18. The highest BCUT2D eigenvalue weighted by Crippen LogP contribution is 2.24. The number of hydrogen-bond acceptors (Lipinski definition) is 4. The Labute approximate surface area is 94.2 Å². The van der Waals surface area contributed by atoms with Crippen molar-refractivity contribution in [3.05, 3.63) is 29.8 Å². The molecule has 0 radical (unpaired) electrons. The van der Waals surface area contributed by atoms with E-state index in [0.717, 1.165) is 11.3 Å². The number of rotatable bonds is 4. The number of nitrogens with zero attached hydrogens (tertiary/aromatic N) is 1. The number of hydrogen-bond donors (Lipinski definition) is 2. The fraction of sp³-hybridized carbons (Fsp3) is 0.417. The fourth-order valence-corrected chi connectivity index (χ4v) is 1.66. The molecule has 0 saturated carbocycles. The van der Waals surface area contributed by atoms with Gasteiger partial charge in [-0.15, -0.1) is 0 Å². The van der Waals surface area contributed by atoms with Gasteiger partial charge in [0.2, 0.25) is 0 Å². The molecule has 0 aliphatic carbocycles. The van der Waals surface area contributed by atoms with E-state index < -0.39 is 5.60 Å². The van der Waals surface area contributed by atoms with Crippen LogP contribution in [0.3, 0.4) is 0 Å². The lowest BCUT2D eigenvalue weighted by molar-refractivity contribution is 0.125. The maximum absolute atomic E-state index is 9.84. The van der Waals surface area contributed by atoms with Crippen LogP contribution in [0.2, 0.25) is 0 Å². The molecular formula is C12H15NO3. The molecule has 0 aromatic heterocycles. The van der Waals surface area contributed by atoms with E-state index in [1.54, 1.807) is 6.92 Å². The SMILES string of the molecule is C[C@@]1(O)CN=C1c1ccc(OCCO)cc1. The van der Waals surface area contributed by atoms with E-state index in [0.29, 0.717) is 12.3 Å². The van der Waals surface area contributed by atoms with Gasteiger partial charge in [-0.25, -0.2) is 0 Å². The summed E-state index contributed by atoms with van der Waals surface area (Å²) in [6.07, 6.45) is 0. The van der Waals surface area contributed by atoms with Crippen LogP contribution in [0.4, 0.5) is 0 Å². The topological polar surface area (TPSA) is 62.1 Å². The Hall–Kier alpha value is -1.39. The number of ether oxygens (including phenoxy) is 1. The predicted molar refractivity (Wildman–Crippen MR) is 61.1 cm³/mol. The molecule has 0 amide bonds. The molecule has 1 heterocycles. The molecule has 0 fully saturated rings. The number of aliphatic imine (C=N–C) groups is 1. The molecule has 1 aliphatic heterocycles. The van der Waals surface area contributed by atoms with Crippen molar-refractivity contribution in [2.75, 3.05) is 19.8 Å². The molecular weight excluding hydrogens is 206 g/mol. The fourth-order valence-electron chi connectivity index (χ4n) is 1.66. The van der Waals surface area contributed by atoms with Crippen molar-refractivity contribution in [1.29, 1.82) is 0 Å². The second-order valence-electron chi connectivity index (χ2n) is 4.04. The minimum atomic E-state index is -0.798. The molecule has 0 bridgehead atoms. The first kappa shape index (κ1) is 11.1. The second kappa shape index (κ2) is 4.23. The zero-order valence-corrected chi connectivity index (χ0v) is 9.18. The summed E-state index contributed by atoms with van der Waals surface area (Å²) in [5.74, 6) is 0.706. The summed E-state index contributed by atoms with van der Waals surface area (Å²) in [6.45, 7) is 2.51. The van der Waals surface area contributed by atoms with Crippen LogP contribution in [0, 0.1) is 0 Å². The highest BCUT2D eigenvalue weighted by molar-refractivity contribution is 6.09. The Balaban J connectivity index is 2.08. The van der Waals surface area contributed by atoms with Gasteiger partial charge < -0.3 is 14.9 Å². The van der Waals surface area contributed by atoms with Gasteiger partial charge in [0.15, 0.2) is 0 Å². The Bertz CT molecular complexity index is 395. The third-order valence-electron chi connectivity index (χ3n) is 2.54. The molecule has 86 valence electrons. The Morgan fingerprint density at radius 3 is 2.50 bits per heavy atom. The van der Waals surface area contributed by atoms with Crippen molar-refractivity contribution >= 4 is 5.71 Å². The summed E-state index contributed by atoms with van der Waals surface area (Å²) >= 11 is 0. The van der Waals surface area contributed by atoms with E-state index in [1.807, 2.05) is 24.3 Å². The third-order valence-corrected chi connectivity index (χ3v) is 2.54. The first-order chi connectivity index (χ1) is 7.63. The van der Waals surface area contributed by atoms with Crippen molar-refractivity contribution in [2.24, 2.45) is 4.99 Å². The predicted octanol–water partition coefficient (Wildman–Crippen LogP) is 0.611. The number of aliphatic hydroxyl groups excluding tert-OH is 1. The summed E-state index contributed by atoms with van der Waals surface area (Å²) in [4.78, 5) is 4.17. The van der Waals surface area contributed by atoms with Gasteiger partial charge >= 0.3 is 0 Å². The van der Waals surface area contributed by atoms with Crippen molar-refractivity contribution in [3.63, 3.8) is 0 Å². The van der Waals surface area contributed by atoms with E-state index in [-0.39, 0.29) is 13.2 Å². The van der Waals surface area contributed by atoms with E-state index in [2.05, 4.69) is 4.99 Å². The summed E-state index contributed by atoms with van der Waals surface area (Å²) in [5, 5.41) is 18.5. The molecule has 1 atom stereocenters. The normalized spacial score (nSPS) is 23.6.